The minimum atomic E-state index is 0.110. The van der Waals surface area contributed by atoms with E-state index in [4.69, 9.17) is 15.2 Å². The molecule has 1 heterocycles. The SMILES string of the molecule is COc1cc(OC)cc(-c2[nH]c3ccc(C(C)(C)C)cc3c2CCCCN)c1. The number of nitrogens with two attached hydrogens (primary N) is 1. The summed E-state index contributed by atoms with van der Waals surface area (Å²) in [6.07, 6.45) is 3.07. The minimum absolute atomic E-state index is 0.110. The van der Waals surface area contributed by atoms with Crippen molar-refractivity contribution >= 4 is 10.9 Å². The Labute approximate surface area is 168 Å². The number of fused-ring (bicyclic) bond motifs is 1. The van der Waals surface area contributed by atoms with Gasteiger partial charge in [-0.05, 0) is 66.6 Å². The van der Waals surface area contributed by atoms with Crippen LogP contribution in [0.25, 0.3) is 22.2 Å². The van der Waals surface area contributed by atoms with Gasteiger partial charge in [-0.2, -0.15) is 0 Å². The normalized spacial score (nSPS) is 11.8. The molecule has 1 aromatic heterocycles. The molecule has 3 rings (SSSR count). The zero-order valence-corrected chi connectivity index (χ0v) is 17.7. The van der Waals surface area contributed by atoms with Gasteiger partial charge in [-0.25, -0.2) is 0 Å². The number of unbranched alkanes of at least 4 members (excludes halogenated alkanes) is 1. The molecular formula is C24H32N2O2. The third-order valence-electron chi connectivity index (χ3n) is 5.29. The molecule has 0 atom stereocenters. The van der Waals surface area contributed by atoms with Gasteiger partial charge in [0.15, 0.2) is 0 Å². The number of rotatable bonds is 7. The van der Waals surface area contributed by atoms with Gasteiger partial charge in [-0.1, -0.05) is 26.8 Å². The Morgan fingerprint density at radius 2 is 1.61 bits per heavy atom. The van der Waals surface area contributed by atoms with Crippen molar-refractivity contribution in [2.45, 2.75) is 45.4 Å². The average Bonchev–Trinajstić information content (AvgIpc) is 3.05. The standard InChI is InChI=1S/C24H32N2O2/c1-24(2,3)17-9-10-22-21(14-17)20(8-6-7-11-25)23(26-22)16-12-18(27-4)15-19(13-16)28-5/h9-10,12-15,26H,6-8,11,25H2,1-5H3. The first-order valence-electron chi connectivity index (χ1n) is 9.96. The average molecular weight is 381 g/mol. The summed E-state index contributed by atoms with van der Waals surface area (Å²) in [5.74, 6) is 1.58. The lowest BCUT2D eigenvalue weighted by atomic mass is 9.86. The molecule has 0 saturated carbocycles. The number of benzene rings is 2. The van der Waals surface area contributed by atoms with E-state index in [9.17, 15) is 0 Å². The van der Waals surface area contributed by atoms with Crippen LogP contribution >= 0.6 is 0 Å². The van der Waals surface area contributed by atoms with Crippen LogP contribution < -0.4 is 15.2 Å². The summed E-state index contributed by atoms with van der Waals surface area (Å²) in [4.78, 5) is 3.65. The highest BCUT2D eigenvalue weighted by atomic mass is 16.5. The van der Waals surface area contributed by atoms with Crippen LogP contribution in [0.5, 0.6) is 11.5 Å². The fourth-order valence-electron chi connectivity index (χ4n) is 3.62. The molecule has 4 nitrogen and oxygen atoms in total. The molecule has 0 spiro atoms. The van der Waals surface area contributed by atoms with Crippen LogP contribution in [0.1, 0.15) is 44.7 Å². The van der Waals surface area contributed by atoms with Crippen LogP contribution in [-0.2, 0) is 11.8 Å². The van der Waals surface area contributed by atoms with Crippen LogP contribution in [0.15, 0.2) is 36.4 Å². The monoisotopic (exact) mass is 380 g/mol. The summed E-state index contributed by atoms with van der Waals surface area (Å²) in [7, 11) is 3.36. The van der Waals surface area contributed by atoms with Crippen LogP contribution in [0.3, 0.4) is 0 Å². The van der Waals surface area contributed by atoms with Gasteiger partial charge in [0.05, 0.1) is 14.2 Å². The van der Waals surface area contributed by atoms with Crippen molar-refractivity contribution < 1.29 is 9.47 Å². The molecule has 0 unspecified atom stereocenters. The summed E-state index contributed by atoms with van der Waals surface area (Å²) < 4.78 is 11.0. The van der Waals surface area contributed by atoms with E-state index in [0.29, 0.717) is 0 Å². The van der Waals surface area contributed by atoms with E-state index in [1.54, 1.807) is 14.2 Å². The van der Waals surface area contributed by atoms with E-state index in [-0.39, 0.29) is 5.41 Å². The molecule has 0 aliphatic rings. The number of nitrogens with one attached hydrogen (secondary N) is 1. The van der Waals surface area contributed by atoms with Crippen molar-refractivity contribution in [2.75, 3.05) is 20.8 Å². The second kappa shape index (κ2) is 8.27. The highest BCUT2D eigenvalue weighted by molar-refractivity contribution is 5.91. The molecule has 3 aromatic rings. The van der Waals surface area contributed by atoms with Gasteiger partial charge in [0.1, 0.15) is 11.5 Å². The molecule has 0 saturated heterocycles. The highest BCUT2D eigenvalue weighted by Gasteiger charge is 2.19. The molecular weight excluding hydrogens is 348 g/mol. The van der Waals surface area contributed by atoms with Crippen molar-refractivity contribution in [1.29, 1.82) is 0 Å². The molecule has 0 amide bonds. The molecule has 4 heteroatoms. The maximum atomic E-state index is 5.75. The molecule has 3 N–H and O–H groups in total. The topological polar surface area (TPSA) is 60.3 Å². The van der Waals surface area contributed by atoms with E-state index >= 15 is 0 Å². The number of hydrogen-bond donors (Lipinski definition) is 2. The largest absolute Gasteiger partial charge is 0.497 e. The summed E-state index contributed by atoms with van der Waals surface area (Å²) in [6, 6.07) is 12.8. The Balaban J connectivity index is 2.19. The first-order chi connectivity index (χ1) is 13.4. The van der Waals surface area contributed by atoms with Crippen LogP contribution in [0.4, 0.5) is 0 Å². The Kier molecular flexibility index (Phi) is 5.99. The molecule has 0 fully saturated rings. The van der Waals surface area contributed by atoms with Crippen molar-refractivity contribution in [1.82, 2.24) is 4.98 Å². The molecule has 28 heavy (non-hydrogen) atoms. The molecule has 0 aliphatic heterocycles. The fraction of sp³-hybridized carbons (Fsp3) is 0.417. The third kappa shape index (κ3) is 4.17. The van der Waals surface area contributed by atoms with E-state index in [1.165, 1.54) is 16.5 Å². The van der Waals surface area contributed by atoms with Crippen LogP contribution in [-0.4, -0.2) is 25.7 Å². The molecule has 2 aromatic carbocycles. The maximum Gasteiger partial charge on any atom is 0.123 e. The summed E-state index contributed by atoms with van der Waals surface area (Å²) in [5, 5.41) is 1.29. The minimum Gasteiger partial charge on any atom is -0.497 e. The first-order valence-corrected chi connectivity index (χ1v) is 9.96. The second-order valence-electron chi connectivity index (χ2n) is 8.34. The van der Waals surface area contributed by atoms with Gasteiger partial charge in [-0.15, -0.1) is 0 Å². The lowest BCUT2D eigenvalue weighted by Gasteiger charge is -2.19. The Hall–Kier alpha value is -2.46. The fourth-order valence-corrected chi connectivity index (χ4v) is 3.62. The summed E-state index contributed by atoms with van der Waals surface area (Å²) >= 11 is 0. The van der Waals surface area contributed by atoms with Gasteiger partial charge >= 0.3 is 0 Å². The number of aryl methyl sites for hydroxylation is 1. The zero-order chi connectivity index (χ0) is 20.3. The predicted octanol–water partition coefficient (Wildman–Crippen LogP) is 5.43. The predicted molar refractivity (Wildman–Crippen MR) is 118 cm³/mol. The van der Waals surface area contributed by atoms with Crippen molar-refractivity contribution in [2.24, 2.45) is 5.73 Å². The summed E-state index contributed by atoms with van der Waals surface area (Å²) in [6.45, 7) is 7.48. The number of H-pyrrole nitrogens is 1. The third-order valence-corrected chi connectivity index (χ3v) is 5.29. The van der Waals surface area contributed by atoms with E-state index in [0.717, 1.165) is 54.1 Å². The van der Waals surface area contributed by atoms with Crippen molar-refractivity contribution in [3.05, 3.63) is 47.5 Å². The summed E-state index contributed by atoms with van der Waals surface area (Å²) in [5.41, 5.74) is 11.9. The van der Waals surface area contributed by atoms with Crippen LogP contribution in [0, 0.1) is 0 Å². The highest BCUT2D eigenvalue weighted by Crippen LogP contribution is 2.37. The first kappa shape index (κ1) is 20.3. The van der Waals surface area contributed by atoms with Gasteiger partial charge in [0.25, 0.3) is 0 Å². The second-order valence-corrected chi connectivity index (χ2v) is 8.34. The van der Waals surface area contributed by atoms with Gasteiger partial charge < -0.3 is 20.2 Å². The number of hydrogen-bond acceptors (Lipinski definition) is 3. The molecule has 0 aliphatic carbocycles. The number of aromatic amines is 1. The number of aromatic nitrogens is 1. The lowest BCUT2D eigenvalue weighted by Crippen LogP contribution is -2.10. The van der Waals surface area contributed by atoms with Crippen LogP contribution in [0.2, 0.25) is 0 Å². The maximum absolute atomic E-state index is 5.75. The quantitative estimate of drug-likeness (QED) is 0.537. The van der Waals surface area contributed by atoms with Crippen molar-refractivity contribution in [3.8, 4) is 22.8 Å². The van der Waals surface area contributed by atoms with Gasteiger partial charge in [0.2, 0.25) is 0 Å². The van der Waals surface area contributed by atoms with Gasteiger partial charge in [-0.3, -0.25) is 0 Å². The lowest BCUT2D eigenvalue weighted by molar-refractivity contribution is 0.394. The Morgan fingerprint density at radius 1 is 0.929 bits per heavy atom. The number of methoxy groups -OCH3 is 2. The van der Waals surface area contributed by atoms with E-state index < -0.39 is 0 Å². The van der Waals surface area contributed by atoms with E-state index in [2.05, 4.69) is 56.1 Å². The Morgan fingerprint density at radius 3 is 2.18 bits per heavy atom. The molecule has 150 valence electrons. The van der Waals surface area contributed by atoms with Crippen molar-refractivity contribution in [3.63, 3.8) is 0 Å². The molecule has 0 radical (unpaired) electrons. The van der Waals surface area contributed by atoms with Gasteiger partial charge in [0, 0.05) is 28.2 Å². The Bertz CT molecular complexity index is 929. The smallest absolute Gasteiger partial charge is 0.123 e. The van der Waals surface area contributed by atoms with E-state index in [1.807, 2.05) is 6.07 Å². The number of ether oxygens (including phenoxy) is 2. The zero-order valence-electron chi connectivity index (χ0n) is 17.7. The molecule has 0 bridgehead atoms.